The highest BCUT2D eigenvalue weighted by atomic mass is 127. The van der Waals surface area contributed by atoms with E-state index in [1.807, 2.05) is 72.8 Å². The van der Waals surface area contributed by atoms with Crippen molar-refractivity contribution in [2.24, 2.45) is 5.10 Å². The predicted molar refractivity (Wildman–Crippen MR) is 127 cm³/mol. The molecule has 3 rings (SSSR count). The number of methoxy groups -OCH3 is 1. The summed E-state index contributed by atoms with van der Waals surface area (Å²) in [6.07, 6.45) is 1.58. The van der Waals surface area contributed by atoms with Crippen LogP contribution in [0.2, 0.25) is 0 Å². The van der Waals surface area contributed by atoms with E-state index in [0.717, 1.165) is 20.4 Å². The largest absolute Gasteiger partial charge is 0.493 e. The van der Waals surface area contributed by atoms with Gasteiger partial charge in [0.15, 0.2) is 11.5 Å². The molecule has 7 heteroatoms. The van der Waals surface area contributed by atoms with Gasteiger partial charge in [0.05, 0.1) is 23.4 Å². The second kappa shape index (κ2) is 11.2. The number of anilines is 1. The fourth-order valence-electron chi connectivity index (χ4n) is 2.64. The predicted octanol–water partition coefficient (Wildman–Crippen LogP) is 4.44. The zero-order chi connectivity index (χ0) is 21.2. The molecule has 154 valence electrons. The number of amides is 1. The minimum Gasteiger partial charge on any atom is -0.493 e. The number of hydrogen-bond acceptors (Lipinski definition) is 5. The normalized spacial score (nSPS) is 10.6. The number of carbonyl (C=O) groups is 1. The van der Waals surface area contributed by atoms with E-state index < -0.39 is 0 Å². The van der Waals surface area contributed by atoms with Crippen molar-refractivity contribution in [2.45, 2.75) is 6.61 Å². The average Bonchev–Trinajstić information content (AvgIpc) is 2.78. The fourth-order valence-corrected chi connectivity index (χ4v) is 3.42. The lowest BCUT2D eigenvalue weighted by Gasteiger charge is -2.13. The van der Waals surface area contributed by atoms with Crippen molar-refractivity contribution in [3.63, 3.8) is 0 Å². The molecule has 1 amide bonds. The van der Waals surface area contributed by atoms with Crippen molar-refractivity contribution < 1.29 is 14.3 Å². The molecule has 0 aliphatic heterocycles. The van der Waals surface area contributed by atoms with Crippen LogP contribution in [0.5, 0.6) is 11.5 Å². The van der Waals surface area contributed by atoms with Crippen LogP contribution in [0.1, 0.15) is 11.1 Å². The third-order valence-corrected chi connectivity index (χ3v) is 4.91. The maximum Gasteiger partial charge on any atom is 0.259 e. The number of ether oxygens (including phenoxy) is 2. The lowest BCUT2D eigenvalue weighted by Crippen LogP contribution is -2.25. The van der Waals surface area contributed by atoms with Gasteiger partial charge in [-0.15, -0.1) is 0 Å². The summed E-state index contributed by atoms with van der Waals surface area (Å²) in [7, 11) is 1.60. The molecule has 0 bridgehead atoms. The van der Waals surface area contributed by atoms with E-state index in [4.69, 9.17) is 9.47 Å². The molecule has 3 aromatic carbocycles. The summed E-state index contributed by atoms with van der Waals surface area (Å²) in [5.41, 5.74) is 5.26. The van der Waals surface area contributed by atoms with Gasteiger partial charge in [-0.05, 0) is 58.0 Å². The highest BCUT2D eigenvalue weighted by Gasteiger charge is 2.11. The zero-order valence-corrected chi connectivity index (χ0v) is 18.6. The van der Waals surface area contributed by atoms with Crippen LogP contribution in [0.15, 0.2) is 77.9 Å². The molecule has 3 aromatic rings. The van der Waals surface area contributed by atoms with Gasteiger partial charge in [-0.25, -0.2) is 5.43 Å². The molecule has 0 atom stereocenters. The van der Waals surface area contributed by atoms with Gasteiger partial charge in [-0.2, -0.15) is 5.10 Å². The number of hydrogen-bond donors (Lipinski definition) is 2. The Labute approximate surface area is 189 Å². The molecule has 2 N–H and O–H groups in total. The van der Waals surface area contributed by atoms with E-state index in [2.05, 4.69) is 38.4 Å². The van der Waals surface area contributed by atoms with Crippen molar-refractivity contribution in [1.29, 1.82) is 0 Å². The van der Waals surface area contributed by atoms with E-state index in [0.29, 0.717) is 18.1 Å². The molecule has 0 fully saturated rings. The molecule has 0 aliphatic carbocycles. The van der Waals surface area contributed by atoms with Gasteiger partial charge in [-0.1, -0.05) is 48.5 Å². The average molecular weight is 515 g/mol. The molecule has 0 radical (unpaired) electrons. The van der Waals surface area contributed by atoms with Crippen molar-refractivity contribution in [3.8, 4) is 11.5 Å². The quantitative estimate of drug-likeness (QED) is 0.251. The highest BCUT2D eigenvalue weighted by Crippen LogP contribution is 2.34. The van der Waals surface area contributed by atoms with Crippen molar-refractivity contribution in [2.75, 3.05) is 19.0 Å². The van der Waals surface area contributed by atoms with Gasteiger partial charge in [-0.3, -0.25) is 4.79 Å². The van der Waals surface area contributed by atoms with Crippen molar-refractivity contribution >= 4 is 40.4 Å². The first-order valence-electron chi connectivity index (χ1n) is 9.31. The van der Waals surface area contributed by atoms with Crippen LogP contribution in [0.4, 0.5) is 5.69 Å². The van der Waals surface area contributed by atoms with E-state index in [-0.39, 0.29) is 12.5 Å². The van der Waals surface area contributed by atoms with Crippen LogP contribution < -0.4 is 20.2 Å². The van der Waals surface area contributed by atoms with Crippen LogP contribution in [0.3, 0.4) is 0 Å². The summed E-state index contributed by atoms with van der Waals surface area (Å²) in [4.78, 5) is 11.9. The molecule has 0 unspecified atom stereocenters. The summed E-state index contributed by atoms with van der Waals surface area (Å²) in [6.45, 7) is 0.583. The minimum absolute atomic E-state index is 0.133. The molecule has 0 saturated heterocycles. The Balaban J connectivity index is 1.57. The number of nitrogens with zero attached hydrogens (tertiary/aromatic N) is 1. The van der Waals surface area contributed by atoms with Crippen LogP contribution in [0.25, 0.3) is 0 Å². The first kappa shape index (κ1) is 21.6. The molecular formula is C23H22IN3O3. The molecule has 0 aromatic heterocycles. The summed E-state index contributed by atoms with van der Waals surface area (Å²) in [6, 6.07) is 23.2. The molecule has 0 saturated carbocycles. The zero-order valence-electron chi connectivity index (χ0n) is 16.5. The number of rotatable bonds is 9. The van der Waals surface area contributed by atoms with Gasteiger partial charge < -0.3 is 14.8 Å². The van der Waals surface area contributed by atoms with Gasteiger partial charge >= 0.3 is 0 Å². The van der Waals surface area contributed by atoms with E-state index in [1.54, 1.807) is 13.3 Å². The topological polar surface area (TPSA) is 72.0 Å². The monoisotopic (exact) mass is 515 g/mol. The number of halogens is 1. The Morgan fingerprint density at radius 1 is 1.07 bits per heavy atom. The standard InChI is InChI=1S/C23H22IN3O3/c1-29-21-13-18(12-20(24)23(21)30-16-17-8-4-2-5-9-17)14-26-27-22(28)15-25-19-10-6-3-7-11-19/h2-14,25H,15-16H2,1H3,(H,27,28)/b26-14-. The van der Waals surface area contributed by atoms with Crippen LogP contribution in [-0.4, -0.2) is 25.8 Å². The van der Waals surface area contributed by atoms with Crippen LogP contribution in [0, 0.1) is 3.57 Å². The summed E-state index contributed by atoms with van der Waals surface area (Å²) < 4.78 is 12.3. The van der Waals surface area contributed by atoms with Gasteiger partial charge in [0.2, 0.25) is 0 Å². The minimum atomic E-state index is -0.237. The lowest BCUT2D eigenvalue weighted by molar-refractivity contribution is -0.119. The molecular weight excluding hydrogens is 493 g/mol. The summed E-state index contributed by atoms with van der Waals surface area (Å²) in [5.74, 6) is 1.05. The second-order valence-corrected chi connectivity index (χ2v) is 7.48. The number of nitrogens with one attached hydrogen (secondary N) is 2. The molecule has 30 heavy (non-hydrogen) atoms. The Hall–Kier alpha value is -3.07. The van der Waals surface area contributed by atoms with Gasteiger partial charge in [0, 0.05) is 5.69 Å². The third-order valence-electron chi connectivity index (χ3n) is 4.11. The molecule has 0 aliphatic rings. The Morgan fingerprint density at radius 2 is 1.77 bits per heavy atom. The van der Waals surface area contributed by atoms with Gasteiger partial charge in [0.25, 0.3) is 5.91 Å². The third kappa shape index (κ3) is 6.48. The smallest absolute Gasteiger partial charge is 0.259 e. The number of benzene rings is 3. The fraction of sp³-hybridized carbons (Fsp3) is 0.130. The molecule has 0 spiro atoms. The number of hydrazone groups is 1. The highest BCUT2D eigenvalue weighted by molar-refractivity contribution is 14.1. The maximum absolute atomic E-state index is 11.9. The van der Waals surface area contributed by atoms with Gasteiger partial charge in [0.1, 0.15) is 6.61 Å². The first-order valence-corrected chi connectivity index (χ1v) is 10.4. The van der Waals surface area contributed by atoms with Crippen LogP contribution in [-0.2, 0) is 11.4 Å². The Morgan fingerprint density at radius 3 is 2.47 bits per heavy atom. The van der Waals surface area contributed by atoms with Crippen LogP contribution >= 0.6 is 22.6 Å². The van der Waals surface area contributed by atoms with E-state index >= 15 is 0 Å². The van der Waals surface area contributed by atoms with E-state index in [1.165, 1.54) is 0 Å². The first-order chi connectivity index (χ1) is 14.7. The SMILES string of the molecule is COc1cc(/C=N\NC(=O)CNc2ccccc2)cc(I)c1OCc1ccccc1. The molecule has 0 heterocycles. The lowest BCUT2D eigenvalue weighted by atomic mass is 10.2. The van der Waals surface area contributed by atoms with Crippen molar-refractivity contribution in [3.05, 3.63) is 87.5 Å². The second-order valence-electron chi connectivity index (χ2n) is 6.32. The number of para-hydroxylation sites is 1. The maximum atomic E-state index is 11.9. The number of carbonyl (C=O) groups excluding carboxylic acids is 1. The molecule has 6 nitrogen and oxygen atoms in total. The Kier molecular flexibility index (Phi) is 8.08. The summed E-state index contributed by atoms with van der Waals surface area (Å²) in [5, 5.41) is 7.06. The van der Waals surface area contributed by atoms with Crippen molar-refractivity contribution in [1.82, 2.24) is 5.43 Å². The Bertz CT molecular complexity index is 995. The van der Waals surface area contributed by atoms with E-state index in [9.17, 15) is 4.79 Å². The summed E-state index contributed by atoms with van der Waals surface area (Å²) >= 11 is 2.20.